The third-order valence-corrected chi connectivity index (χ3v) is 4.71. The molecule has 4 nitrogen and oxygen atoms in total. The molecule has 1 aromatic heterocycles. The Balaban J connectivity index is 2.06. The monoisotopic (exact) mass is 354 g/mol. The molecule has 0 saturated carbocycles. The van der Waals surface area contributed by atoms with E-state index >= 15 is 0 Å². The first-order chi connectivity index (χ1) is 9.46. The van der Waals surface area contributed by atoms with Crippen LogP contribution in [-0.4, -0.2) is 13.4 Å². The van der Waals surface area contributed by atoms with Crippen molar-refractivity contribution in [3.8, 4) is 0 Å². The van der Waals surface area contributed by atoms with Gasteiger partial charge in [-0.1, -0.05) is 34.1 Å². The lowest BCUT2D eigenvalue weighted by Gasteiger charge is -2.13. The molecular formula is C14H15BrN2O2S. The first-order valence-electron chi connectivity index (χ1n) is 6.12. The van der Waals surface area contributed by atoms with E-state index in [2.05, 4.69) is 25.6 Å². The molecule has 0 radical (unpaired) electrons. The van der Waals surface area contributed by atoms with Gasteiger partial charge >= 0.3 is 0 Å². The van der Waals surface area contributed by atoms with Gasteiger partial charge in [-0.05, 0) is 36.8 Å². The SMILES string of the molecule is C[C@H](NS(=O)(=O)Cc1ccc(Br)cc1)c1ccccn1. The summed E-state index contributed by atoms with van der Waals surface area (Å²) in [6, 6.07) is 12.3. The normalized spacial score (nSPS) is 13.1. The number of hydrogen-bond acceptors (Lipinski definition) is 3. The van der Waals surface area contributed by atoms with E-state index in [1.165, 1.54) is 0 Å². The molecule has 0 spiro atoms. The van der Waals surface area contributed by atoms with E-state index in [1.807, 2.05) is 18.2 Å². The molecule has 0 amide bonds. The number of benzene rings is 1. The van der Waals surface area contributed by atoms with Gasteiger partial charge in [0.1, 0.15) is 0 Å². The number of nitrogens with zero attached hydrogens (tertiary/aromatic N) is 1. The third-order valence-electron chi connectivity index (χ3n) is 2.76. The Morgan fingerprint density at radius 3 is 2.50 bits per heavy atom. The Kier molecular flexibility index (Phi) is 4.91. The molecule has 2 aromatic rings. The molecule has 0 saturated heterocycles. The largest absolute Gasteiger partial charge is 0.260 e. The molecule has 0 aliphatic heterocycles. The molecule has 0 unspecified atom stereocenters. The maximum Gasteiger partial charge on any atom is 0.216 e. The lowest BCUT2D eigenvalue weighted by Crippen LogP contribution is -2.28. The molecule has 0 bridgehead atoms. The second kappa shape index (κ2) is 6.47. The van der Waals surface area contributed by atoms with Gasteiger partial charge in [-0.15, -0.1) is 0 Å². The summed E-state index contributed by atoms with van der Waals surface area (Å²) in [6.45, 7) is 1.78. The van der Waals surface area contributed by atoms with Crippen LogP contribution in [0.4, 0.5) is 0 Å². The van der Waals surface area contributed by atoms with Gasteiger partial charge in [0, 0.05) is 10.7 Å². The summed E-state index contributed by atoms with van der Waals surface area (Å²) < 4.78 is 27.8. The Morgan fingerprint density at radius 2 is 1.90 bits per heavy atom. The summed E-state index contributed by atoms with van der Waals surface area (Å²) in [5, 5.41) is 0. The number of sulfonamides is 1. The van der Waals surface area contributed by atoms with Crippen LogP contribution in [-0.2, 0) is 15.8 Å². The minimum absolute atomic E-state index is 0.0442. The van der Waals surface area contributed by atoms with E-state index in [0.29, 0.717) is 5.69 Å². The summed E-state index contributed by atoms with van der Waals surface area (Å²) in [6.07, 6.45) is 1.65. The van der Waals surface area contributed by atoms with Crippen LogP contribution < -0.4 is 4.72 Å². The number of aromatic nitrogens is 1. The van der Waals surface area contributed by atoms with Crippen LogP contribution in [0, 0.1) is 0 Å². The standard InChI is InChI=1S/C14H15BrN2O2S/c1-11(14-4-2-3-9-16-14)17-20(18,19)10-12-5-7-13(15)8-6-12/h2-9,11,17H,10H2,1H3/t11-/m0/s1. The molecule has 1 heterocycles. The molecule has 6 heteroatoms. The highest BCUT2D eigenvalue weighted by Gasteiger charge is 2.17. The fourth-order valence-electron chi connectivity index (χ4n) is 1.80. The Bertz CT molecular complexity index is 657. The average molecular weight is 355 g/mol. The number of halogens is 1. The van der Waals surface area contributed by atoms with Gasteiger partial charge in [0.05, 0.1) is 17.5 Å². The first kappa shape index (κ1) is 15.2. The molecule has 1 atom stereocenters. The van der Waals surface area contributed by atoms with Crippen molar-refractivity contribution in [1.29, 1.82) is 0 Å². The van der Waals surface area contributed by atoms with E-state index in [9.17, 15) is 8.42 Å². The average Bonchev–Trinajstić information content (AvgIpc) is 2.41. The van der Waals surface area contributed by atoms with Crippen molar-refractivity contribution in [2.45, 2.75) is 18.7 Å². The lowest BCUT2D eigenvalue weighted by atomic mass is 10.2. The maximum absolute atomic E-state index is 12.1. The highest BCUT2D eigenvalue weighted by molar-refractivity contribution is 9.10. The van der Waals surface area contributed by atoms with Crippen molar-refractivity contribution >= 4 is 26.0 Å². The predicted molar refractivity (Wildman–Crippen MR) is 82.6 cm³/mol. The van der Waals surface area contributed by atoms with Gasteiger partial charge in [0.2, 0.25) is 10.0 Å². The molecule has 20 heavy (non-hydrogen) atoms. The number of nitrogens with one attached hydrogen (secondary N) is 1. The quantitative estimate of drug-likeness (QED) is 0.897. The highest BCUT2D eigenvalue weighted by Crippen LogP contribution is 2.15. The van der Waals surface area contributed by atoms with E-state index < -0.39 is 10.0 Å². The fourth-order valence-corrected chi connectivity index (χ4v) is 3.44. The smallest absolute Gasteiger partial charge is 0.216 e. The fraction of sp³-hybridized carbons (Fsp3) is 0.214. The summed E-state index contributed by atoms with van der Waals surface area (Å²) in [5.41, 5.74) is 1.45. The Hall–Kier alpha value is -1.24. The van der Waals surface area contributed by atoms with E-state index in [4.69, 9.17) is 0 Å². The van der Waals surface area contributed by atoms with E-state index in [0.717, 1.165) is 10.0 Å². The van der Waals surface area contributed by atoms with Gasteiger partial charge in [0.25, 0.3) is 0 Å². The van der Waals surface area contributed by atoms with Gasteiger partial charge < -0.3 is 0 Å². The first-order valence-corrected chi connectivity index (χ1v) is 8.56. The lowest BCUT2D eigenvalue weighted by molar-refractivity contribution is 0.563. The molecule has 2 rings (SSSR count). The van der Waals surface area contributed by atoms with Crippen LogP contribution in [0.3, 0.4) is 0 Å². The van der Waals surface area contributed by atoms with Crippen LogP contribution in [0.2, 0.25) is 0 Å². The number of pyridine rings is 1. The van der Waals surface area contributed by atoms with Crippen molar-refractivity contribution in [2.24, 2.45) is 0 Å². The van der Waals surface area contributed by atoms with Crippen molar-refractivity contribution in [1.82, 2.24) is 9.71 Å². The highest BCUT2D eigenvalue weighted by atomic mass is 79.9. The van der Waals surface area contributed by atoms with Crippen LogP contribution in [0.15, 0.2) is 53.1 Å². The van der Waals surface area contributed by atoms with Crippen LogP contribution in [0.1, 0.15) is 24.2 Å². The topological polar surface area (TPSA) is 59.1 Å². The van der Waals surface area contributed by atoms with Crippen molar-refractivity contribution in [3.05, 3.63) is 64.4 Å². The number of rotatable bonds is 5. The molecule has 0 fully saturated rings. The van der Waals surface area contributed by atoms with E-state index in [-0.39, 0.29) is 11.8 Å². The minimum Gasteiger partial charge on any atom is -0.260 e. The van der Waals surface area contributed by atoms with Crippen molar-refractivity contribution in [3.63, 3.8) is 0 Å². The number of hydrogen-bond donors (Lipinski definition) is 1. The molecule has 1 aromatic carbocycles. The van der Waals surface area contributed by atoms with Crippen molar-refractivity contribution in [2.75, 3.05) is 0 Å². The summed E-state index contributed by atoms with van der Waals surface area (Å²) in [4.78, 5) is 4.15. The predicted octanol–water partition coefficient (Wildman–Crippen LogP) is 3.02. The van der Waals surface area contributed by atoms with E-state index in [1.54, 1.807) is 37.4 Å². The van der Waals surface area contributed by atoms with Gasteiger partial charge in [-0.2, -0.15) is 0 Å². The second-order valence-corrected chi connectivity index (χ2v) is 7.15. The Morgan fingerprint density at radius 1 is 1.20 bits per heavy atom. The molecule has 1 N–H and O–H groups in total. The van der Waals surface area contributed by atoms with Gasteiger partial charge in [-0.3, -0.25) is 4.98 Å². The zero-order valence-corrected chi connectivity index (χ0v) is 13.4. The van der Waals surface area contributed by atoms with Crippen LogP contribution >= 0.6 is 15.9 Å². The molecule has 106 valence electrons. The third kappa shape index (κ3) is 4.40. The Labute approximate surface area is 127 Å². The molecule has 0 aliphatic carbocycles. The summed E-state index contributed by atoms with van der Waals surface area (Å²) in [7, 11) is -3.40. The molecular weight excluding hydrogens is 340 g/mol. The zero-order valence-electron chi connectivity index (χ0n) is 11.0. The van der Waals surface area contributed by atoms with Crippen molar-refractivity contribution < 1.29 is 8.42 Å². The summed E-state index contributed by atoms with van der Waals surface area (Å²) in [5.74, 6) is -0.0442. The van der Waals surface area contributed by atoms with Gasteiger partial charge in [0.15, 0.2) is 0 Å². The second-order valence-electron chi connectivity index (χ2n) is 4.48. The zero-order chi connectivity index (χ0) is 14.6. The van der Waals surface area contributed by atoms with Crippen LogP contribution in [0.5, 0.6) is 0 Å². The minimum atomic E-state index is -3.40. The maximum atomic E-state index is 12.1. The molecule has 0 aliphatic rings. The van der Waals surface area contributed by atoms with Gasteiger partial charge in [-0.25, -0.2) is 13.1 Å². The van der Waals surface area contributed by atoms with Crippen LogP contribution in [0.25, 0.3) is 0 Å². The summed E-state index contributed by atoms with van der Waals surface area (Å²) >= 11 is 3.32.